The van der Waals surface area contributed by atoms with Gasteiger partial charge in [-0.25, -0.2) is 24.1 Å². The fraction of sp³-hybridized carbons (Fsp3) is 0.176. The van der Waals surface area contributed by atoms with Gasteiger partial charge in [-0.15, -0.1) is 0 Å². The number of hydrogen-bond donors (Lipinski definition) is 3. The van der Waals surface area contributed by atoms with Gasteiger partial charge in [-0.2, -0.15) is 0 Å². The van der Waals surface area contributed by atoms with Crippen LogP contribution >= 0.6 is 12.8 Å². The summed E-state index contributed by atoms with van der Waals surface area (Å²) in [5, 5.41) is 2.64. The van der Waals surface area contributed by atoms with Gasteiger partial charge in [0.15, 0.2) is 11.5 Å². The number of aromatic nitrogens is 3. The summed E-state index contributed by atoms with van der Waals surface area (Å²) >= 11 is 4.17. The summed E-state index contributed by atoms with van der Waals surface area (Å²) in [6.45, 7) is 2.30. The summed E-state index contributed by atoms with van der Waals surface area (Å²) in [4.78, 5) is 25.1. The third kappa shape index (κ3) is 3.47. The molecule has 0 unspecified atom stereocenters. The Bertz CT molecular complexity index is 965. The molecule has 2 heterocycles. The normalized spacial score (nSPS) is 10.6. The second-order valence-corrected chi connectivity index (χ2v) is 5.77. The van der Waals surface area contributed by atoms with Gasteiger partial charge in [0.25, 0.3) is 0 Å². The fourth-order valence-corrected chi connectivity index (χ4v) is 2.52. The van der Waals surface area contributed by atoms with Crippen LogP contribution in [0.4, 0.5) is 16.3 Å². The first-order valence-corrected chi connectivity index (χ1v) is 8.28. The van der Waals surface area contributed by atoms with Crippen LogP contribution in [0.15, 0.2) is 36.5 Å². The lowest BCUT2D eigenvalue weighted by atomic mass is 10.1. The highest BCUT2D eigenvalue weighted by Gasteiger charge is 2.14. The van der Waals surface area contributed by atoms with Crippen LogP contribution in [0.25, 0.3) is 22.4 Å². The van der Waals surface area contributed by atoms with E-state index in [1.54, 1.807) is 19.2 Å². The third-order valence-corrected chi connectivity index (χ3v) is 4.05. The number of urea groups is 1. The minimum atomic E-state index is -0.385. The minimum absolute atomic E-state index is 0.284. The zero-order chi connectivity index (χ0) is 18.7. The van der Waals surface area contributed by atoms with Gasteiger partial charge in [0.2, 0.25) is 0 Å². The van der Waals surface area contributed by atoms with Gasteiger partial charge in [-0.3, -0.25) is 0 Å². The second kappa shape index (κ2) is 7.44. The van der Waals surface area contributed by atoms with Gasteiger partial charge in [0, 0.05) is 12.1 Å². The molecule has 2 aromatic heterocycles. The lowest BCUT2D eigenvalue weighted by Crippen LogP contribution is -2.34. The number of methoxy groups -OCH3 is 1. The maximum absolute atomic E-state index is 11.9. The van der Waals surface area contributed by atoms with E-state index >= 15 is 0 Å². The number of carbonyl (C=O) groups is 1. The first-order chi connectivity index (χ1) is 12.5. The summed E-state index contributed by atoms with van der Waals surface area (Å²) in [6.07, 6.45) is 1.47. The van der Waals surface area contributed by atoms with Crippen molar-refractivity contribution >= 4 is 41.5 Å². The van der Waals surface area contributed by atoms with E-state index in [1.807, 2.05) is 25.1 Å². The van der Waals surface area contributed by atoms with Gasteiger partial charge >= 0.3 is 6.03 Å². The molecule has 0 atom stereocenters. The molecule has 0 spiro atoms. The highest BCUT2D eigenvalue weighted by molar-refractivity contribution is 7.82. The molecule has 0 aliphatic rings. The number of benzene rings is 1. The molecule has 0 saturated heterocycles. The molecule has 3 rings (SSSR count). The second-order valence-electron chi connectivity index (χ2n) is 5.37. The van der Waals surface area contributed by atoms with E-state index in [4.69, 9.17) is 10.5 Å². The van der Waals surface area contributed by atoms with E-state index in [1.165, 1.54) is 6.20 Å². The number of nitrogen functional groups attached to an aromatic ring is 1. The first kappa shape index (κ1) is 17.7. The number of fused-ring (bicyclic) bond motifs is 1. The summed E-state index contributed by atoms with van der Waals surface area (Å²) in [6, 6.07) is 8.68. The topological polar surface area (TPSA) is 106 Å². The fourth-order valence-electron chi connectivity index (χ4n) is 2.35. The number of rotatable bonds is 4. The van der Waals surface area contributed by atoms with Crippen LogP contribution in [0.1, 0.15) is 6.92 Å². The number of carbonyl (C=O) groups excluding carboxylic acids is 1. The zero-order valence-corrected chi connectivity index (χ0v) is 15.2. The van der Waals surface area contributed by atoms with Crippen molar-refractivity contribution in [2.75, 3.05) is 23.7 Å². The van der Waals surface area contributed by atoms with Crippen LogP contribution in [-0.4, -0.2) is 34.6 Å². The molecule has 9 heteroatoms. The highest BCUT2D eigenvalue weighted by Crippen LogP contribution is 2.28. The summed E-state index contributed by atoms with van der Waals surface area (Å²) in [5.41, 5.74) is 8.93. The van der Waals surface area contributed by atoms with Crippen LogP contribution in [0.3, 0.4) is 0 Å². The van der Waals surface area contributed by atoms with Crippen molar-refractivity contribution < 1.29 is 9.53 Å². The number of nitrogens with zero attached hydrogens (tertiary/aromatic N) is 4. The van der Waals surface area contributed by atoms with E-state index in [-0.39, 0.29) is 11.8 Å². The predicted molar refractivity (Wildman–Crippen MR) is 104 cm³/mol. The molecule has 3 N–H and O–H groups in total. The van der Waals surface area contributed by atoms with Crippen molar-refractivity contribution in [1.29, 1.82) is 0 Å². The van der Waals surface area contributed by atoms with Crippen molar-refractivity contribution in [2.45, 2.75) is 6.92 Å². The van der Waals surface area contributed by atoms with Gasteiger partial charge < -0.3 is 15.8 Å². The smallest absolute Gasteiger partial charge is 0.333 e. The molecular formula is C17H18N6O2S. The van der Waals surface area contributed by atoms with Crippen LogP contribution in [0, 0.1) is 0 Å². The predicted octanol–water partition coefficient (Wildman–Crippen LogP) is 2.66. The van der Waals surface area contributed by atoms with E-state index < -0.39 is 0 Å². The lowest BCUT2D eigenvalue weighted by Gasteiger charge is -2.14. The number of anilines is 2. The van der Waals surface area contributed by atoms with Crippen molar-refractivity contribution in [3.8, 4) is 17.0 Å². The Morgan fingerprint density at radius 2 is 2.12 bits per heavy atom. The van der Waals surface area contributed by atoms with Crippen molar-refractivity contribution in [3.05, 3.63) is 36.5 Å². The number of hydrogen-bond acceptors (Lipinski definition) is 7. The molecule has 0 aliphatic carbocycles. The molecular weight excluding hydrogens is 352 g/mol. The molecule has 0 aliphatic heterocycles. The molecule has 1 aromatic carbocycles. The Hall–Kier alpha value is -3.07. The standard InChI is InChI=1S/C17H18N6O2S/c1-3-19-17(24)23(26)15-9-20-13-7-6-12(21-16(13)22-15)10-4-5-11(18)14(8-10)25-2/h4-9,26H,3,18H2,1-2H3,(H,19,24). The highest BCUT2D eigenvalue weighted by atomic mass is 32.1. The summed E-state index contributed by atoms with van der Waals surface area (Å²) in [7, 11) is 1.56. The number of nitrogens with two attached hydrogens (primary N) is 1. The maximum atomic E-state index is 11.9. The average Bonchev–Trinajstić information content (AvgIpc) is 2.67. The minimum Gasteiger partial charge on any atom is -0.495 e. The number of thiol groups is 1. The molecule has 8 nitrogen and oxygen atoms in total. The van der Waals surface area contributed by atoms with Crippen LogP contribution in [-0.2, 0) is 0 Å². The Kier molecular flexibility index (Phi) is 5.08. The molecule has 2 amide bonds. The van der Waals surface area contributed by atoms with Crippen LogP contribution in [0.5, 0.6) is 5.75 Å². The van der Waals surface area contributed by atoms with Crippen molar-refractivity contribution in [3.63, 3.8) is 0 Å². The van der Waals surface area contributed by atoms with Crippen molar-refractivity contribution in [1.82, 2.24) is 20.3 Å². The van der Waals surface area contributed by atoms with Gasteiger partial charge in [0.05, 0.1) is 24.7 Å². The summed E-state index contributed by atoms with van der Waals surface area (Å²) < 4.78 is 6.35. The third-order valence-electron chi connectivity index (χ3n) is 3.66. The zero-order valence-electron chi connectivity index (χ0n) is 14.3. The van der Waals surface area contributed by atoms with Crippen LogP contribution < -0.4 is 20.1 Å². The average molecular weight is 370 g/mol. The Morgan fingerprint density at radius 1 is 1.31 bits per heavy atom. The SMILES string of the molecule is CCNC(=O)N(S)c1cnc2ccc(-c3ccc(N)c(OC)c3)nc2n1. The number of pyridine rings is 1. The van der Waals surface area contributed by atoms with E-state index in [0.717, 1.165) is 9.87 Å². The number of nitrogens with one attached hydrogen (secondary N) is 1. The first-order valence-electron chi connectivity index (χ1n) is 7.88. The molecule has 0 bridgehead atoms. The van der Waals surface area contributed by atoms with Gasteiger partial charge in [-0.1, -0.05) is 18.9 Å². The van der Waals surface area contributed by atoms with Crippen LogP contribution in [0.2, 0.25) is 0 Å². The lowest BCUT2D eigenvalue weighted by molar-refractivity contribution is 0.250. The van der Waals surface area contributed by atoms with Gasteiger partial charge in [-0.05, 0) is 31.2 Å². The Labute approximate surface area is 156 Å². The Morgan fingerprint density at radius 3 is 2.85 bits per heavy atom. The van der Waals surface area contributed by atoms with E-state index in [0.29, 0.717) is 34.8 Å². The molecule has 3 aromatic rings. The quantitative estimate of drug-likeness (QED) is 0.481. The van der Waals surface area contributed by atoms with E-state index in [9.17, 15) is 4.79 Å². The molecule has 0 fully saturated rings. The molecule has 0 radical (unpaired) electrons. The maximum Gasteiger partial charge on any atom is 0.333 e. The monoisotopic (exact) mass is 370 g/mol. The van der Waals surface area contributed by atoms with Crippen molar-refractivity contribution in [2.24, 2.45) is 0 Å². The van der Waals surface area contributed by atoms with Gasteiger partial charge in [0.1, 0.15) is 11.3 Å². The summed E-state index contributed by atoms with van der Waals surface area (Å²) in [5.74, 6) is 0.855. The van der Waals surface area contributed by atoms with E-state index in [2.05, 4.69) is 33.1 Å². The molecule has 134 valence electrons. The Balaban J connectivity index is 2.01. The largest absolute Gasteiger partial charge is 0.495 e. The number of ether oxygens (including phenoxy) is 1. The number of amides is 2. The molecule has 0 saturated carbocycles. The molecule has 26 heavy (non-hydrogen) atoms.